The predicted molar refractivity (Wildman–Crippen MR) is 73.4 cm³/mol. The molecule has 0 heterocycles. The Labute approximate surface area is 114 Å². The Morgan fingerprint density at radius 3 is 2.89 bits per heavy atom. The summed E-state index contributed by atoms with van der Waals surface area (Å²) < 4.78 is 0.818. The standard InChI is InChI=1S/C12H17BrN2O3/c1-2-11(16)5-6-14-8-9-7-10(13)3-4-12(9)15(17)18/h3-4,7,11,14,16H,2,5-6,8H2,1H3. The zero-order valence-corrected chi connectivity index (χ0v) is 11.8. The summed E-state index contributed by atoms with van der Waals surface area (Å²) in [5.41, 5.74) is 0.752. The normalized spacial score (nSPS) is 12.4. The van der Waals surface area contributed by atoms with Crippen LogP contribution in [0.15, 0.2) is 22.7 Å². The third kappa shape index (κ3) is 4.72. The van der Waals surface area contributed by atoms with Crippen LogP contribution in [0, 0.1) is 10.1 Å². The molecule has 0 radical (unpaired) electrons. The summed E-state index contributed by atoms with van der Waals surface area (Å²) in [6.45, 7) is 2.98. The highest BCUT2D eigenvalue weighted by molar-refractivity contribution is 9.10. The van der Waals surface area contributed by atoms with Crippen molar-refractivity contribution >= 4 is 21.6 Å². The topological polar surface area (TPSA) is 75.4 Å². The number of aliphatic hydroxyl groups excluding tert-OH is 1. The summed E-state index contributed by atoms with van der Waals surface area (Å²) in [6.07, 6.45) is 1.06. The van der Waals surface area contributed by atoms with Crippen molar-refractivity contribution in [3.8, 4) is 0 Å². The van der Waals surface area contributed by atoms with Crippen molar-refractivity contribution in [2.24, 2.45) is 0 Å². The lowest BCUT2D eigenvalue weighted by molar-refractivity contribution is -0.385. The summed E-state index contributed by atoms with van der Waals surface area (Å²) in [7, 11) is 0. The average molecular weight is 317 g/mol. The van der Waals surface area contributed by atoms with Gasteiger partial charge in [-0.2, -0.15) is 0 Å². The average Bonchev–Trinajstić information content (AvgIpc) is 2.34. The number of nitrogens with zero attached hydrogens (tertiary/aromatic N) is 1. The number of halogens is 1. The maximum Gasteiger partial charge on any atom is 0.273 e. The molecule has 0 aliphatic carbocycles. The van der Waals surface area contributed by atoms with Crippen LogP contribution in [0.5, 0.6) is 0 Å². The number of hydrogen-bond acceptors (Lipinski definition) is 4. The van der Waals surface area contributed by atoms with Gasteiger partial charge in [0.15, 0.2) is 0 Å². The van der Waals surface area contributed by atoms with Crippen molar-refractivity contribution in [2.45, 2.75) is 32.4 Å². The minimum atomic E-state index is -0.385. The molecule has 0 saturated heterocycles. The molecule has 0 spiro atoms. The Kier molecular flexibility index (Phi) is 6.24. The van der Waals surface area contributed by atoms with E-state index in [4.69, 9.17) is 0 Å². The van der Waals surface area contributed by atoms with Crippen molar-refractivity contribution in [3.63, 3.8) is 0 Å². The Morgan fingerprint density at radius 2 is 2.28 bits per heavy atom. The van der Waals surface area contributed by atoms with Gasteiger partial charge in [-0.15, -0.1) is 0 Å². The third-order valence-electron chi connectivity index (χ3n) is 2.68. The van der Waals surface area contributed by atoms with Gasteiger partial charge in [0.05, 0.1) is 11.0 Å². The van der Waals surface area contributed by atoms with E-state index in [2.05, 4.69) is 21.2 Å². The predicted octanol–water partition coefficient (Wildman–Crippen LogP) is 2.61. The molecule has 18 heavy (non-hydrogen) atoms. The molecule has 1 aromatic rings. The number of rotatable bonds is 7. The minimum Gasteiger partial charge on any atom is -0.393 e. The fourth-order valence-corrected chi connectivity index (χ4v) is 1.98. The number of hydrogen-bond donors (Lipinski definition) is 2. The van der Waals surface area contributed by atoms with Gasteiger partial charge in [0.25, 0.3) is 5.69 Å². The van der Waals surface area contributed by atoms with Crippen LogP contribution in [0.1, 0.15) is 25.3 Å². The van der Waals surface area contributed by atoms with Crippen LogP contribution in [0.25, 0.3) is 0 Å². The van der Waals surface area contributed by atoms with Gasteiger partial charge in [-0.25, -0.2) is 0 Å². The van der Waals surface area contributed by atoms with E-state index in [-0.39, 0.29) is 16.7 Å². The molecule has 0 aromatic heterocycles. The van der Waals surface area contributed by atoms with Crippen LogP contribution in [0.2, 0.25) is 0 Å². The van der Waals surface area contributed by atoms with Crippen LogP contribution < -0.4 is 5.32 Å². The van der Waals surface area contributed by atoms with Gasteiger partial charge in [-0.3, -0.25) is 10.1 Å². The zero-order chi connectivity index (χ0) is 13.5. The molecule has 5 nitrogen and oxygen atoms in total. The van der Waals surface area contributed by atoms with Gasteiger partial charge in [-0.05, 0) is 31.5 Å². The molecule has 1 aromatic carbocycles. The molecule has 100 valence electrons. The SMILES string of the molecule is CCC(O)CCNCc1cc(Br)ccc1[N+](=O)[O-]. The molecule has 0 bridgehead atoms. The van der Waals surface area contributed by atoms with E-state index in [1.807, 2.05) is 6.92 Å². The van der Waals surface area contributed by atoms with E-state index in [1.54, 1.807) is 12.1 Å². The third-order valence-corrected chi connectivity index (χ3v) is 3.17. The lowest BCUT2D eigenvalue weighted by Crippen LogP contribution is -2.20. The molecule has 1 unspecified atom stereocenters. The van der Waals surface area contributed by atoms with Crippen molar-refractivity contribution in [1.82, 2.24) is 5.32 Å². The first kappa shape index (κ1) is 15.1. The largest absolute Gasteiger partial charge is 0.393 e. The first-order valence-electron chi connectivity index (χ1n) is 5.86. The van der Waals surface area contributed by atoms with Crippen LogP contribution >= 0.6 is 15.9 Å². The molecular weight excluding hydrogens is 300 g/mol. The monoisotopic (exact) mass is 316 g/mol. The van der Waals surface area contributed by atoms with E-state index < -0.39 is 0 Å². The summed E-state index contributed by atoms with van der Waals surface area (Å²) >= 11 is 3.30. The fourth-order valence-electron chi connectivity index (χ4n) is 1.57. The molecule has 0 aliphatic heterocycles. The van der Waals surface area contributed by atoms with Crippen LogP contribution in [0.4, 0.5) is 5.69 Å². The van der Waals surface area contributed by atoms with Gasteiger partial charge in [0, 0.05) is 22.6 Å². The summed E-state index contributed by atoms with van der Waals surface area (Å²) in [4.78, 5) is 10.5. The Bertz CT molecular complexity index is 412. The summed E-state index contributed by atoms with van der Waals surface area (Å²) in [5.74, 6) is 0. The summed E-state index contributed by atoms with van der Waals surface area (Å²) in [5, 5.41) is 23.3. The first-order chi connectivity index (χ1) is 8.54. The highest BCUT2D eigenvalue weighted by Crippen LogP contribution is 2.22. The molecule has 0 fully saturated rings. The number of aliphatic hydroxyl groups is 1. The highest BCUT2D eigenvalue weighted by atomic mass is 79.9. The Hall–Kier alpha value is -0.980. The number of nitro benzene ring substituents is 1. The quantitative estimate of drug-likeness (QED) is 0.460. The van der Waals surface area contributed by atoms with E-state index in [9.17, 15) is 15.2 Å². The zero-order valence-electron chi connectivity index (χ0n) is 10.2. The lowest BCUT2D eigenvalue weighted by atomic mass is 10.1. The maximum absolute atomic E-state index is 10.8. The van der Waals surface area contributed by atoms with E-state index in [0.717, 1.165) is 10.9 Å². The fraction of sp³-hybridized carbons (Fsp3) is 0.500. The van der Waals surface area contributed by atoms with Gasteiger partial charge in [-0.1, -0.05) is 22.9 Å². The summed E-state index contributed by atoms with van der Waals surface area (Å²) in [6, 6.07) is 4.88. The maximum atomic E-state index is 10.8. The molecule has 0 aliphatic rings. The van der Waals surface area contributed by atoms with Gasteiger partial charge >= 0.3 is 0 Å². The number of nitrogens with one attached hydrogen (secondary N) is 1. The van der Waals surface area contributed by atoms with E-state index >= 15 is 0 Å². The van der Waals surface area contributed by atoms with Crippen LogP contribution in [-0.4, -0.2) is 22.7 Å². The molecule has 6 heteroatoms. The Morgan fingerprint density at radius 1 is 1.56 bits per heavy atom. The molecule has 1 atom stereocenters. The molecule has 2 N–H and O–H groups in total. The first-order valence-corrected chi connectivity index (χ1v) is 6.65. The second-order valence-corrected chi connectivity index (χ2v) is 4.97. The Balaban J connectivity index is 2.55. The highest BCUT2D eigenvalue weighted by Gasteiger charge is 2.13. The number of benzene rings is 1. The smallest absolute Gasteiger partial charge is 0.273 e. The van der Waals surface area contributed by atoms with Crippen molar-refractivity contribution in [3.05, 3.63) is 38.3 Å². The molecule has 1 rings (SSSR count). The van der Waals surface area contributed by atoms with Crippen molar-refractivity contribution < 1.29 is 10.0 Å². The molecule has 0 saturated carbocycles. The van der Waals surface area contributed by atoms with Crippen LogP contribution in [-0.2, 0) is 6.54 Å². The lowest BCUT2D eigenvalue weighted by Gasteiger charge is -2.09. The second-order valence-electron chi connectivity index (χ2n) is 4.06. The number of nitro groups is 1. The van der Waals surface area contributed by atoms with E-state index in [1.165, 1.54) is 6.07 Å². The second kappa shape index (κ2) is 7.45. The van der Waals surface area contributed by atoms with Crippen molar-refractivity contribution in [1.29, 1.82) is 0 Å². The molecular formula is C12H17BrN2O3. The van der Waals surface area contributed by atoms with Crippen LogP contribution in [0.3, 0.4) is 0 Å². The van der Waals surface area contributed by atoms with Gasteiger partial charge in [0.1, 0.15) is 0 Å². The van der Waals surface area contributed by atoms with E-state index in [0.29, 0.717) is 25.1 Å². The molecule has 0 amide bonds. The van der Waals surface area contributed by atoms with Gasteiger partial charge in [0.2, 0.25) is 0 Å². The van der Waals surface area contributed by atoms with Crippen molar-refractivity contribution in [2.75, 3.05) is 6.54 Å². The van der Waals surface area contributed by atoms with Gasteiger partial charge < -0.3 is 10.4 Å². The minimum absolute atomic E-state index is 0.113.